The van der Waals surface area contributed by atoms with Gasteiger partial charge in [0.15, 0.2) is 0 Å². The minimum atomic E-state index is -0.131. The molecule has 1 atom stereocenters. The zero-order valence-corrected chi connectivity index (χ0v) is 13.8. The maximum Gasteiger partial charge on any atom is 0.253 e. The summed E-state index contributed by atoms with van der Waals surface area (Å²) in [6, 6.07) is 17.1. The van der Waals surface area contributed by atoms with Gasteiger partial charge in [-0.3, -0.25) is 9.78 Å². The molecule has 0 aliphatic rings. The Balaban J connectivity index is 1.90. The molecule has 3 rings (SSSR count). The maximum atomic E-state index is 12.6. The fourth-order valence-corrected chi connectivity index (χ4v) is 2.75. The van der Waals surface area contributed by atoms with E-state index in [9.17, 15) is 4.79 Å². The van der Waals surface area contributed by atoms with Crippen molar-refractivity contribution in [2.24, 2.45) is 0 Å². The summed E-state index contributed by atoms with van der Waals surface area (Å²) in [6.45, 7) is 3.81. The van der Waals surface area contributed by atoms with Crippen LogP contribution in [0.2, 0.25) is 5.02 Å². The molecular weight excluding hydrogens is 308 g/mol. The molecule has 0 fully saturated rings. The number of hydrogen-bond donors (Lipinski definition) is 1. The highest BCUT2D eigenvalue weighted by Gasteiger charge is 2.15. The Kier molecular flexibility index (Phi) is 4.30. The summed E-state index contributed by atoms with van der Waals surface area (Å²) in [7, 11) is 0. The summed E-state index contributed by atoms with van der Waals surface area (Å²) in [5.41, 5.74) is 3.18. The van der Waals surface area contributed by atoms with Crippen molar-refractivity contribution in [3.63, 3.8) is 0 Å². The lowest BCUT2D eigenvalue weighted by Gasteiger charge is -2.15. The first-order valence-electron chi connectivity index (χ1n) is 7.47. The molecule has 0 saturated carbocycles. The molecule has 0 aliphatic heterocycles. The van der Waals surface area contributed by atoms with Gasteiger partial charge in [-0.2, -0.15) is 0 Å². The predicted molar refractivity (Wildman–Crippen MR) is 93.8 cm³/mol. The fourth-order valence-electron chi connectivity index (χ4n) is 2.57. The number of nitrogens with zero attached hydrogens (tertiary/aromatic N) is 1. The van der Waals surface area contributed by atoms with Crippen LogP contribution in [0.5, 0.6) is 0 Å². The van der Waals surface area contributed by atoms with Gasteiger partial charge in [0.2, 0.25) is 0 Å². The topological polar surface area (TPSA) is 42.0 Å². The van der Waals surface area contributed by atoms with Crippen molar-refractivity contribution in [2.45, 2.75) is 19.9 Å². The van der Waals surface area contributed by atoms with Gasteiger partial charge in [0.1, 0.15) is 0 Å². The molecule has 2 aromatic carbocycles. The number of carbonyl (C=O) groups is 1. The van der Waals surface area contributed by atoms with E-state index in [0.717, 1.165) is 16.5 Å². The number of carbonyl (C=O) groups excluding carboxylic acids is 1. The van der Waals surface area contributed by atoms with Crippen LogP contribution in [-0.2, 0) is 0 Å². The molecule has 116 valence electrons. The van der Waals surface area contributed by atoms with E-state index in [1.165, 1.54) is 0 Å². The van der Waals surface area contributed by atoms with Crippen molar-refractivity contribution < 1.29 is 4.79 Å². The third kappa shape index (κ3) is 3.35. The normalized spacial score (nSPS) is 12.1. The fraction of sp³-hybridized carbons (Fsp3) is 0.158. The van der Waals surface area contributed by atoms with Crippen molar-refractivity contribution in [1.29, 1.82) is 0 Å². The molecule has 0 spiro atoms. The third-order valence-electron chi connectivity index (χ3n) is 3.86. The zero-order valence-electron chi connectivity index (χ0n) is 13.0. The molecule has 1 aromatic heterocycles. The molecule has 4 heteroatoms. The molecule has 1 N–H and O–H groups in total. The molecule has 0 radical (unpaired) electrons. The van der Waals surface area contributed by atoms with E-state index < -0.39 is 0 Å². The average molecular weight is 325 g/mol. The van der Waals surface area contributed by atoms with Crippen LogP contribution >= 0.6 is 11.6 Å². The van der Waals surface area contributed by atoms with E-state index in [0.29, 0.717) is 16.3 Å². The lowest BCUT2D eigenvalue weighted by Crippen LogP contribution is -2.27. The van der Waals surface area contributed by atoms with Gasteiger partial charge in [0, 0.05) is 10.4 Å². The van der Waals surface area contributed by atoms with E-state index in [2.05, 4.69) is 10.3 Å². The summed E-state index contributed by atoms with van der Waals surface area (Å²) in [5, 5.41) is 4.51. The Morgan fingerprint density at radius 1 is 1.13 bits per heavy atom. The van der Waals surface area contributed by atoms with Crippen LogP contribution in [0.25, 0.3) is 10.9 Å². The van der Waals surface area contributed by atoms with Gasteiger partial charge in [-0.25, -0.2) is 0 Å². The lowest BCUT2D eigenvalue weighted by molar-refractivity contribution is 0.0939. The van der Waals surface area contributed by atoms with Crippen LogP contribution in [0, 0.1) is 6.92 Å². The number of benzene rings is 2. The maximum absolute atomic E-state index is 12.6. The molecular formula is C19H17ClN2O. The smallest absolute Gasteiger partial charge is 0.253 e. The van der Waals surface area contributed by atoms with Crippen molar-refractivity contribution in [3.8, 4) is 0 Å². The summed E-state index contributed by atoms with van der Waals surface area (Å²) in [5.74, 6) is -0.131. The SMILES string of the molecule is Cc1nc2ccc(Cl)cc2cc1C(=O)N[C@@H](C)c1ccccc1. The highest BCUT2D eigenvalue weighted by Crippen LogP contribution is 2.21. The van der Waals surface area contributed by atoms with Gasteiger partial charge in [0.25, 0.3) is 5.91 Å². The van der Waals surface area contributed by atoms with E-state index in [1.807, 2.05) is 62.4 Å². The van der Waals surface area contributed by atoms with E-state index in [-0.39, 0.29) is 11.9 Å². The van der Waals surface area contributed by atoms with Gasteiger partial charge in [0.05, 0.1) is 22.8 Å². The van der Waals surface area contributed by atoms with Gasteiger partial charge in [-0.15, -0.1) is 0 Å². The number of rotatable bonds is 3. The van der Waals surface area contributed by atoms with E-state index in [4.69, 9.17) is 11.6 Å². The first kappa shape index (κ1) is 15.5. The van der Waals surface area contributed by atoms with Gasteiger partial charge in [-0.1, -0.05) is 41.9 Å². The van der Waals surface area contributed by atoms with Crippen LogP contribution in [0.15, 0.2) is 54.6 Å². The second-order valence-electron chi connectivity index (χ2n) is 5.56. The zero-order chi connectivity index (χ0) is 16.4. The van der Waals surface area contributed by atoms with Crippen LogP contribution in [-0.4, -0.2) is 10.9 Å². The van der Waals surface area contributed by atoms with Gasteiger partial charge in [-0.05, 0) is 43.7 Å². The molecule has 0 saturated heterocycles. The first-order valence-corrected chi connectivity index (χ1v) is 7.85. The molecule has 23 heavy (non-hydrogen) atoms. The molecule has 1 heterocycles. The third-order valence-corrected chi connectivity index (χ3v) is 4.09. The van der Waals surface area contributed by atoms with Gasteiger partial charge < -0.3 is 5.32 Å². The lowest BCUT2D eigenvalue weighted by atomic mass is 10.1. The Bertz CT molecular complexity index is 862. The summed E-state index contributed by atoms with van der Waals surface area (Å²) in [6.07, 6.45) is 0. The summed E-state index contributed by atoms with van der Waals surface area (Å²) < 4.78 is 0. The van der Waals surface area contributed by atoms with Crippen LogP contribution in [0.1, 0.15) is 34.6 Å². The number of fused-ring (bicyclic) bond motifs is 1. The number of hydrogen-bond acceptors (Lipinski definition) is 2. The standard InChI is InChI=1S/C19H17ClN2O/c1-12(14-6-4-3-5-7-14)22-19(23)17-11-15-10-16(20)8-9-18(15)21-13(17)2/h3-12H,1-2H3,(H,22,23)/t12-/m0/s1. The largest absolute Gasteiger partial charge is 0.345 e. The van der Waals surface area contributed by atoms with Crippen LogP contribution < -0.4 is 5.32 Å². The Hall–Kier alpha value is -2.39. The quantitative estimate of drug-likeness (QED) is 0.759. The van der Waals surface area contributed by atoms with E-state index >= 15 is 0 Å². The summed E-state index contributed by atoms with van der Waals surface area (Å²) in [4.78, 5) is 17.1. The predicted octanol–water partition coefficient (Wildman–Crippen LogP) is 4.69. The van der Waals surface area contributed by atoms with Gasteiger partial charge >= 0.3 is 0 Å². The monoisotopic (exact) mass is 324 g/mol. The van der Waals surface area contributed by atoms with Crippen molar-refractivity contribution in [3.05, 3.63) is 76.4 Å². The molecule has 0 bridgehead atoms. The van der Waals surface area contributed by atoms with E-state index in [1.54, 1.807) is 6.07 Å². The molecule has 3 aromatic rings. The highest BCUT2D eigenvalue weighted by atomic mass is 35.5. The number of aromatic nitrogens is 1. The number of nitrogens with one attached hydrogen (secondary N) is 1. The molecule has 0 aliphatic carbocycles. The second kappa shape index (κ2) is 6.39. The average Bonchev–Trinajstić information content (AvgIpc) is 2.55. The Morgan fingerprint density at radius 3 is 2.61 bits per heavy atom. The molecule has 3 nitrogen and oxygen atoms in total. The number of halogens is 1. The minimum absolute atomic E-state index is 0.0711. The first-order chi connectivity index (χ1) is 11.0. The Morgan fingerprint density at radius 2 is 1.87 bits per heavy atom. The van der Waals surface area contributed by atoms with Crippen molar-refractivity contribution >= 4 is 28.4 Å². The number of pyridine rings is 1. The van der Waals surface area contributed by atoms with Crippen molar-refractivity contribution in [2.75, 3.05) is 0 Å². The number of amides is 1. The minimum Gasteiger partial charge on any atom is -0.345 e. The molecule has 1 amide bonds. The number of aryl methyl sites for hydroxylation is 1. The van der Waals surface area contributed by atoms with Crippen LogP contribution in [0.4, 0.5) is 0 Å². The summed E-state index contributed by atoms with van der Waals surface area (Å²) >= 11 is 6.03. The molecule has 0 unspecified atom stereocenters. The Labute approximate surface area is 140 Å². The highest BCUT2D eigenvalue weighted by molar-refractivity contribution is 6.31. The van der Waals surface area contributed by atoms with Crippen molar-refractivity contribution in [1.82, 2.24) is 10.3 Å². The second-order valence-corrected chi connectivity index (χ2v) is 6.00. The van der Waals surface area contributed by atoms with Crippen LogP contribution in [0.3, 0.4) is 0 Å².